The minimum atomic E-state index is -0.0538. The molecule has 0 aliphatic carbocycles. The number of ether oxygens (including phenoxy) is 2. The van der Waals surface area contributed by atoms with Gasteiger partial charge in [-0.3, -0.25) is 4.79 Å². The van der Waals surface area contributed by atoms with Crippen molar-refractivity contribution in [2.24, 2.45) is 0 Å². The fraction of sp³-hybridized carbons (Fsp3) is 0.115. The molecule has 0 N–H and O–H groups in total. The first-order valence-electron chi connectivity index (χ1n) is 10.2. The van der Waals surface area contributed by atoms with Crippen LogP contribution >= 0.6 is 0 Å². The third-order valence-electron chi connectivity index (χ3n) is 4.84. The molecule has 1 aromatic heterocycles. The van der Waals surface area contributed by atoms with E-state index in [0.29, 0.717) is 24.5 Å². The zero-order valence-corrected chi connectivity index (χ0v) is 17.7. The number of ketones is 1. The van der Waals surface area contributed by atoms with Gasteiger partial charge in [-0.15, -0.1) is 5.10 Å². The zero-order chi connectivity index (χ0) is 22.2. The van der Waals surface area contributed by atoms with E-state index in [-0.39, 0.29) is 5.78 Å². The van der Waals surface area contributed by atoms with Crippen molar-refractivity contribution in [3.8, 4) is 11.5 Å². The smallest absolute Gasteiger partial charge is 0.185 e. The highest BCUT2D eigenvalue weighted by atomic mass is 16.5. The van der Waals surface area contributed by atoms with Crippen LogP contribution in [0.3, 0.4) is 0 Å². The summed E-state index contributed by atoms with van der Waals surface area (Å²) in [4.78, 5) is 12.3. The quantitative estimate of drug-likeness (QED) is 0.284. The van der Waals surface area contributed by atoms with Crippen molar-refractivity contribution in [2.75, 3.05) is 7.11 Å². The molecular weight excluding hydrogens is 402 g/mol. The second-order valence-electron chi connectivity index (χ2n) is 7.18. The predicted octanol–water partition coefficient (Wildman–Crippen LogP) is 4.81. The van der Waals surface area contributed by atoms with Crippen LogP contribution in [-0.2, 0) is 13.2 Å². The molecule has 0 saturated heterocycles. The number of benzene rings is 3. The van der Waals surface area contributed by atoms with Gasteiger partial charge >= 0.3 is 0 Å². The lowest BCUT2D eigenvalue weighted by Gasteiger charge is -2.05. The number of carbonyl (C=O) groups is 1. The van der Waals surface area contributed by atoms with Gasteiger partial charge in [-0.1, -0.05) is 53.8 Å². The van der Waals surface area contributed by atoms with E-state index in [9.17, 15) is 4.79 Å². The van der Waals surface area contributed by atoms with E-state index in [0.717, 1.165) is 22.6 Å². The second-order valence-corrected chi connectivity index (χ2v) is 7.18. The normalized spacial score (nSPS) is 10.9. The maximum absolute atomic E-state index is 12.3. The summed E-state index contributed by atoms with van der Waals surface area (Å²) >= 11 is 0. The average molecular weight is 425 g/mol. The van der Waals surface area contributed by atoms with Crippen LogP contribution in [-0.4, -0.2) is 27.9 Å². The summed E-state index contributed by atoms with van der Waals surface area (Å²) in [6.45, 7) is 0.911. The number of nitrogens with zero attached hydrogens (tertiary/aromatic N) is 3. The molecule has 0 aliphatic heterocycles. The van der Waals surface area contributed by atoms with Gasteiger partial charge in [-0.2, -0.15) is 0 Å². The molecule has 160 valence electrons. The maximum Gasteiger partial charge on any atom is 0.185 e. The van der Waals surface area contributed by atoms with E-state index < -0.39 is 0 Å². The van der Waals surface area contributed by atoms with Crippen molar-refractivity contribution in [3.63, 3.8) is 0 Å². The molecule has 0 saturated carbocycles. The number of rotatable bonds is 9. The van der Waals surface area contributed by atoms with Gasteiger partial charge in [0.25, 0.3) is 0 Å². The van der Waals surface area contributed by atoms with Crippen LogP contribution in [0.25, 0.3) is 6.08 Å². The largest absolute Gasteiger partial charge is 0.497 e. The lowest BCUT2D eigenvalue weighted by Crippen LogP contribution is -2.00. The Morgan fingerprint density at radius 3 is 2.38 bits per heavy atom. The van der Waals surface area contributed by atoms with Gasteiger partial charge in [0.1, 0.15) is 23.8 Å². The summed E-state index contributed by atoms with van der Waals surface area (Å²) in [6.07, 6.45) is 5.24. The highest BCUT2D eigenvalue weighted by Gasteiger charge is 2.05. The van der Waals surface area contributed by atoms with Crippen LogP contribution in [0, 0.1) is 0 Å². The lowest BCUT2D eigenvalue weighted by atomic mass is 10.1. The van der Waals surface area contributed by atoms with Crippen LogP contribution in [0.5, 0.6) is 11.5 Å². The van der Waals surface area contributed by atoms with Crippen molar-refractivity contribution in [2.45, 2.75) is 13.2 Å². The number of hydrogen-bond acceptors (Lipinski definition) is 5. The third-order valence-corrected chi connectivity index (χ3v) is 4.84. The maximum atomic E-state index is 12.3. The molecule has 0 amide bonds. The first kappa shape index (κ1) is 21.1. The number of allylic oxidation sites excluding steroid dienone is 1. The van der Waals surface area contributed by atoms with Gasteiger partial charge in [-0.05, 0) is 53.6 Å². The predicted molar refractivity (Wildman–Crippen MR) is 123 cm³/mol. The fourth-order valence-corrected chi connectivity index (χ4v) is 3.10. The van der Waals surface area contributed by atoms with Crippen LogP contribution in [0.15, 0.2) is 91.1 Å². The Hall–Kier alpha value is -4.19. The number of carbonyl (C=O) groups excluding carboxylic acids is 1. The molecule has 0 atom stereocenters. The van der Waals surface area contributed by atoms with Crippen molar-refractivity contribution in [1.82, 2.24) is 15.0 Å². The van der Waals surface area contributed by atoms with Crippen molar-refractivity contribution >= 4 is 11.9 Å². The van der Waals surface area contributed by atoms with Gasteiger partial charge in [0.15, 0.2) is 5.78 Å². The summed E-state index contributed by atoms with van der Waals surface area (Å²) < 4.78 is 12.7. The summed E-state index contributed by atoms with van der Waals surface area (Å²) in [7, 11) is 1.65. The molecule has 4 aromatic rings. The van der Waals surface area contributed by atoms with Gasteiger partial charge in [0.05, 0.1) is 19.9 Å². The molecule has 6 nitrogen and oxygen atoms in total. The standard InChI is InChI=1S/C26H23N3O3/c1-31-24-12-7-21(8-13-24)17-29-18-23(27-28-29)19-32-25-14-10-22(11-15-25)26(30)16-9-20-5-3-2-4-6-20/h2-16,18H,17,19H2,1H3/b16-9+. The Morgan fingerprint density at radius 1 is 0.938 bits per heavy atom. The van der Waals surface area contributed by atoms with Gasteiger partial charge < -0.3 is 9.47 Å². The minimum absolute atomic E-state index is 0.0538. The Morgan fingerprint density at radius 2 is 1.66 bits per heavy atom. The lowest BCUT2D eigenvalue weighted by molar-refractivity contribution is 0.104. The summed E-state index contributed by atoms with van der Waals surface area (Å²) in [6, 6.07) is 24.6. The second kappa shape index (κ2) is 10.2. The monoisotopic (exact) mass is 425 g/mol. The highest BCUT2D eigenvalue weighted by molar-refractivity contribution is 6.06. The van der Waals surface area contributed by atoms with E-state index in [1.165, 1.54) is 0 Å². The molecular formula is C26H23N3O3. The van der Waals surface area contributed by atoms with E-state index in [1.54, 1.807) is 42.1 Å². The summed E-state index contributed by atoms with van der Waals surface area (Å²) in [5.74, 6) is 1.43. The molecule has 0 aliphatic rings. The van der Waals surface area contributed by atoms with E-state index >= 15 is 0 Å². The van der Waals surface area contributed by atoms with E-state index in [2.05, 4.69) is 10.3 Å². The zero-order valence-electron chi connectivity index (χ0n) is 17.7. The van der Waals surface area contributed by atoms with Gasteiger partial charge in [0.2, 0.25) is 0 Å². The van der Waals surface area contributed by atoms with E-state index in [4.69, 9.17) is 9.47 Å². The van der Waals surface area contributed by atoms with Crippen molar-refractivity contribution < 1.29 is 14.3 Å². The SMILES string of the molecule is COc1ccc(Cn2cc(COc3ccc(C(=O)/C=C/c4ccccc4)cc3)nn2)cc1. The van der Waals surface area contributed by atoms with Crippen LogP contribution in [0.2, 0.25) is 0 Å². The Kier molecular flexibility index (Phi) is 6.72. The molecule has 3 aromatic carbocycles. The van der Waals surface area contributed by atoms with Crippen molar-refractivity contribution in [1.29, 1.82) is 0 Å². The Balaban J connectivity index is 1.29. The molecule has 0 bridgehead atoms. The average Bonchev–Trinajstić information content (AvgIpc) is 3.30. The van der Waals surface area contributed by atoms with Gasteiger partial charge in [-0.25, -0.2) is 4.68 Å². The van der Waals surface area contributed by atoms with Crippen LogP contribution in [0.4, 0.5) is 0 Å². The summed E-state index contributed by atoms with van der Waals surface area (Å²) in [5.41, 5.74) is 3.42. The highest BCUT2D eigenvalue weighted by Crippen LogP contribution is 2.16. The first-order chi connectivity index (χ1) is 15.7. The third kappa shape index (κ3) is 5.70. The number of methoxy groups -OCH3 is 1. The van der Waals surface area contributed by atoms with Crippen LogP contribution in [0.1, 0.15) is 27.2 Å². The summed E-state index contributed by atoms with van der Waals surface area (Å²) in [5, 5.41) is 8.31. The molecule has 32 heavy (non-hydrogen) atoms. The molecule has 0 fully saturated rings. The molecule has 0 radical (unpaired) electrons. The van der Waals surface area contributed by atoms with Gasteiger partial charge in [0, 0.05) is 5.56 Å². The molecule has 4 rings (SSSR count). The molecule has 6 heteroatoms. The topological polar surface area (TPSA) is 66.2 Å². The molecule has 1 heterocycles. The fourth-order valence-electron chi connectivity index (χ4n) is 3.10. The minimum Gasteiger partial charge on any atom is -0.497 e. The van der Waals surface area contributed by atoms with E-state index in [1.807, 2.05) is 66.9 Å². The number of hydrogen-bond donors (Lipinski definition) is 0. The molecule has 0 spiro atoms. The first-order valence-corrected chi connectivity index (χ1v) is 10.2. The Bertz CT molecular complexity index is 1180. The van der Waals surface area contributed by atoms with Crippen molar-refractivity contribution in [3.05, 3.63) is 114 Å². The number of aromatic nitrogens is 3. The Labute approximate surface area is 186 Å². The van der Waals surface area contributed by atoms with Crippen LogP contribution < -0.4 is 9.47 Å². The molecule has 0 unspecified atom stereocenters.